The Morgan fingerprint density at radius 2 is 2.14 bits per heavy atom. The number of rotatable bonds is 6. The first kappa shape index (κ1) is 17.0. The van der Waals surface area contributed by atoms with Gasteiger partial charge in [0.25, 0.3) is 0 Å². The Hall–Kier alpha value is -0.380. The molecule has 3 atom stereocenters. The maximum Gasteiger partial charge on any atom is 0.0327 e. The molecule has 0 aliphatic heterocycles. The molecule has 1 heterocycles. The molecular formula is C18H32N2S. The molecule has 3 heteroatoms. The van der Waals surface area contributed by atoms with Gasteiger partial charge in [0.1, 0.15) is 0 Å². The van der Waals surface area contributed by atoms with Gasteiger partial charge in [0.05, 0.1) is 0 Å². The summed E-state index contributed by atoms with van der Waals surface area (Å²) in [7, 11) is 2.29. The van der Waals surface area contributed by atoms with Gasteiger partial charge in [-0.2, -0.15) is 0 Å². The summed E-state index contributed by atoms with van der Waals surface area (Å²) in [5, 5.41) is 2.17. The third kappa shape index (κ3) is 4.08. The molecule has 1 aromatic heterocycles. The minimum atomic E-state index is 0.460. The largest absolute Gasteiger partial charge is 0.330 e. The molecule has 0 bridgehead atoms. The molecule has 0 amide bonds. The van der Waals surface area contributed by atoms with Crippen molar-refractivity contribution in [2.24, 2.45) is 23.0 Å². The summed E-state index contributed by atoms with van der Waals surface area (Å²) in [6.45, 7) is 9.11. The molecule has 1 saturated carbocycles. The van der Waals surface area contributed by atoms with Crippen LogP contribution in [0.25, 0.3) is 0 Å². The highest BCUT2D eigenvalue weighted by molar-refractivity contribution is 7.09. The maximum absolute atomic E-state index is 6.07. The van der Waals surface area contributed by atoms with Crippen molar-refractivity contribution in [2.45, 2.75) is 59.0 Å². The molecule has 120 valence electrons. The first-order chi connectivity index (χ1) is 9.97. The lowest BCUT2D eigenvalue weighted by Gasteiger charge is -2.46. The molecule has 3 unspecified atom stereocenters. The zero-order valence-corrected chi connectivity index (χ0v) is 15.0. The van der Waals surface area contributed by atoms with E-state index in [0.29, 0.717) is 17.4 Å². The Kier molecular flexibility index (Phi) is 5.87. The van der Waals surface area contributed by atoms with Crippen molar-refractivity contribution in [3.8, 4) is 0 Å². The van der Waals surface area contributed by atoms with Crippen molar-refractivity contribution in [3.05, 3.63) is 22.4 Å². The molecule has 0 saturated heterocycles. The second kappa shape index (κ2) is 7.26. The summed E-state index contributed by atoms with van der Waals surface area (Å²) in [4.78, 5) is 4.02. The molecule has 0 aromatic carbocycles. The van der Waals surface area contributed by atoms with Crippen molar-refractivity contribution in [2.75, 3.05) is 13.6 Å². The Morgan fingerprint density at radius 3 is 2.71 bits per heavy atom. The molecule has 2 nitrogen and oxygen atoms in total. The van der Waals surface area contributed by atoms with Crippen LogP contribution in [0.4, 0.5) is 0 Å². The summed E-state index contributed by atoms with van der Waals surface area (Å²) in [5.74, 6) is 1.50. The van der Waals surface area contributed by atoms with Crippen molar-refractivity contribution < 1.29 is 0 Å². The van der Waals surface area contributed by atoms with E-state index in [1.807, 2.05) is 11.3 Å². The predicted molar refractivity (Wildman–Crippen MR) is 93.5 cm³/mol. The highest BCUT2D eigenvalue weighted by Gasteiger charge is 2.38. The van der Waals surface area contributed by atoms with Gasteiger partial charge in [-0.05, 0) is 61.6 Å². The van der Waals surface area contributed by atoms with E-state index < -0.39 is 0 Å². The normalized spacial score (nSPS) is 27.2. The standard InChI is InChI=1S/C18H32N2S/c1-5-18(2,3)15-9-8-14(12-19)17(11-15)20(4)13-16-7-6-10-21-16/h6-7,10,14-15,17H,5,8-9,11-13,19H2,1-4H3. The molecule has 0 radical (unpaired) electrons. The molecule has 1 fully saturated rings. The van der Waals surface area contributed by atoms with Gasteiger partial charge in [0.15, 0.2) is 0 Å². The monoisotopic (exact) mass is 308 g/mol. The quantitative estimate of drug-likeness (QED) is 0.846. The van der Waals surface area contributed by atoms with Crippen LogP contribution in [0.3, 0.4) is 0 Å². The lowest BCUT2D eigenvalue weighted by Crippen LogP contribution is -2.47. The molecule has 2 rings (SSSR count). The number of thiophene rings is 1. The van der Waals surface area contributed by atoms with Gasteiger partial charge < -0.3 is 5.73 Å². The van der Waals surface area contributed by atoms with Crippen LogP contribution in [-0.2, 0) is 6.54 Å². The van der Waals surface area contributed by atoms with Crippen LogP contribution < -0.4 is 5.73 Å². The minimum Gasteiger partial charge on any atom is -0.330 e. The van der Waals surface area contributed by atoms with Crippen LogP contribution in [0.2, 0.25) is 0 Å². The topological polar surface area (TPSA) is 29.3 Å². The van der Waals surface area contributed by atoms with E-state index in [2.05, 4.69) is 50.2 Å². The highest BCUT2D eigenvalue weighted by Crippen LogP contribution is 2.43. The zero-order valence-electron chi connectivity index (χ0n) is 14.1. The minimum absolute atomic E-state index is 0.460. The van der Waals surface area contributed by atoms with Crippen molar-refractivity contribution in [1.29, 1.82) is 0 Å². The number of hydrogen-bond acceptors (Lipinski definition) is 3. The van der Waals surface area contributed by atoms with Gasteiger partial charge in [-0.25, -0.2) is 0 Å². The van der Waals surface area contributed by atoms with Gasteiger partial charge in [-0.3, -0.25) is 4.90 Å². The summed E-state index contributed by atoms with van der Waals surface area (Å²) in [6, 6.07) is 5.04. The Balaban J connectivity index is 2.05. The third-order valence-electron chi connectivity index (χ3n) is 5.83. The SMILES string of the molecule is CCC(C)(C)C1CCC(CN)C(N(C)Cc2cccs2)C1. The number of nitrogens with two attached hydrogens (primary N) is 1. The average molecular weight is 309 g/mol. The molecule has 21 heavy (non-hydrogen) atoms. The van der Waals surface area contributed by atoms with Gasteiger partial charge in [-0.15, -0.1) is 11.3 Å². The Labute approximate surface area is 134 Å². The average Bonchev–Trinajstić information content (AvgIpc) is 2.99. The lowest BCUT2D eigenvalue weighted by molar-refractivity contribution is 0.0472. The summed E-state index contributed by atoms with van der Waals surface area (Å²) in [6.07, 6.45) is 5.23. The Bertz CT molecular complexity index is 413. The van der Waals surface area contributed by atoms with Crippen LogP contribution in [-0.4, -0.2) is 24.5 Å². The molecule has 0 spiro atoms. The van der Waals surface area contributed by atoms with Crippen LogP contribution >= 0.6 is 11.3 Å². The number of hydrogen-bond donors (Lipinski definition) is 1. The molecule has 1 aromatic rings. The molecule has 1 aliphatic rings. The van der Waals surface area contributed by atoms with E-state index in [1.165, 1.54) is 30.6 Å². The molecule has 1 aliphatic carbocycles. The first-order valence-corrected chi connectivity index (χ1v) is 9.28. The lowest BCUT2D eigenvalue weighted by atomic mass is 9.65. The summed E-state index contributed by atoms with van der Waals surface area (Å²) >= 11 is 1.86. The second-order valence-corrected chi connectivity index (χ2v) is 8.44. The number of nitrogens with zero attached hydrogens (tertiary/aromatic N) is 1. The van der Waals surface area contributed by atoms with Crippen LogP contribution in [0.15, 0.2) is 17.5 Å². The first-order valence-electron chi connectivity index (χ1n) is 8.40. The van der Waals surface area contributed by atoms with E-state index in [-0.39, 0.29) is 0 Å². The van der Waals surface area contributed by atoms with E-state index in [9.17, 15) is 0 Å². The van der Waals surface area contributed by atoms with E-state index in [4.69, 9.17) is 5.73 Å². The molecule has 2 N–H and O–H groups in total. The van der Waals surface area contributed by atoms with Crippen molar-refractivity contribution >= 4 is 11.3 Å². The maximum atomic E-state index is 6.07. The smallest absolute Gasteiger partial charge is 0.0327 e. The van der Waals surface area contributed by atoms with Gasteiger partial charge >= 0.3 is 0 Å². The summed E-state index contributed by atoms with van der Waals surface area (Å²) < 4.78 is 0. The van der Waals surface area contributed by atoms with Crippen LogP contribution in [0.1, 0.15) is 51.3 Å². The third-order valence-corrected chi connectivity index (χ3v) is 6.69. The zero-order chi connectivity index (χ0) is 15.5. The van der Waals surface area contributed by atoms with Crippen molar-refractivity contribution in [3.63, 3.8) is 0 Å². The van der Waals surface area contributed by atoms with Gasteiger partial charge in [-0.1, -0.05) is 33.3 Å². The van der Waals surface area contributed by atoms with Crippen LogP contribution in [0, 0.1) is 17.3 Å². The van der Waals surface area contributed by atoms with E-state index >= 15 is 0 Å². The van der Waals surface area contributed by atoms with E-state index in [1.54, 1.807) is 0 Å². The Morgan fingerprint density at radius 1 is 1.38 bits per heavy atom. The van der Waals surface area contributed by atoms with Crippen molar-refractivity contribution in [1.82, 2.24) is 4.90 Å². The predicted octanol–water partition coefficient (Wildman–Crippen LogP) is 4.36. The fourth-order valence-electron chi connectivity index (χ4n) is 3.79. The van der Waals surface area contributed by atoms with Gasteiger partial charge in [0.2, 0.25) is 0 Å². The second-order valence-electron chi connectivity index (χ2n) is 7.41. The fraction of sp³-hybridized carbons (Fsp3) is 0.778. The molecular weight excluding hydrogens is 276 g/mol. The summed E-state index contributed by atoms with van der Waals surface area (Å²) in [5.41, 5.74) is 6.53. The fourth-order valence-corrected chi connectivity index (χ4v) is 4.56. The van der Waals surface area contributed by atoms with Gasteiger partial charge in [0, 0.05) is 17.5 Å². The highest BCUT2D eigenvalue weighted by atomic mass is 32.1. The van der Waals surface area contributed by atoms with E-state index in [0.717, 1.165) is 19.0 Å². The van der Waals surface area contributed by atoms with Crippen LogP contribution in [0.5, 0.6) is 0 Å².